The van der Waals surface area contributed by atoms with Crippen molar-refractivity contribution in [1.82, 2.24) is 9.29 Å². The smallest absolute Gasteiger partial charge is 0.281 e. The third kappa shape index (κ3) is 7.70. The third-order valence-electron chi connectivity index (χ3n) is 6.13. The highest BCUT2D eigenvalue weighted by atomic mass is 32.2. The molecule has 11 heteroatoms. The van der Waals surface area contributed by atoms with Crippen molar-refractivity contribution >= 4 is 21.4 Å². The molecule has 3 N–H and O–H groups in total. The zero-order valence-electron chi connectivity index (χ0n) is 21.5. The maximum absolute atomic E-state index is 13.3. The average molecular weight is 523 g/mol. The molecular formula is C25H38N4O6S. The van der Waals surface area contributed by atoms with Crippen LogP contribution in [-0.2, 0) is 21.3 Å². The van der Waals surface area contributed by atoms with E-state index >= 15 is 0 Å². The van der Waals surface area contributed by atoms with E-state index in [-0.39, 0.29) is 54.4 Å². The van der Waals surface area contributed by atoms with Gasteiger partial charge in [-0.1, -0.05) is 45.2 Å². The summed E-state index contributed by atoms with van der Waals surface area (Å²) in [5.41, 5.74) is 0.687. The van der Waals surface area contributed by atoms with Gasteiger partial charge < -0.3 is 14.9 Å². The van der Waals surface area contributed by atoms with Gasteiger partial charge in [-0.15, -0.1) is 10.2 Å². The molecular weight excluding hydrogens is 484 g/mol. The second-order valence-electron chi connectivity index (χ2n) is 8.66. The molecule has 2 aromatic rings. The zero-order chi connectivity index (χ0) is 26.7. The Morgan fingerprint density at radius 1 is 1.11 bits per heavy atom. The molecule has 1 atom stereocenters. The number of aliphatic hydroxyl groups excluding tert-OH is 1. The van der Waals surface area contributed by atoms with Crippen LogP contribution in [0.2, 0.25) is 0 Å². The molecule has 200 valence electrons. The van der Waals surface area contributed by atoms with E-state index in [1.54, 1.807) is 26.0 Å². The normalized spacial score (nSPS) is 12.9. The van der Waals surface area contributed by atoms with Crippen LogP contribution >= 0.6 is 0 Å². The fourth-order valence-corrected chi connectivity index (χ4v) is 4.91. The van der Waals surface area contributed by atoms with Crippen LogP contribution in [0, 0.1) is 19.8 Å². The van der Waals surface area contributed by atoms with Crippen LogP contribution in [0.15, 0.2) is 44.2 Å². The number of nitrogens with zero attached hydrogens (tertiary/aromatic N) is 3. The van der Waals surface area contributed by atoms with Gasteiger partial charge in [0.05, 0.1) is 19.8 Å². The van der Waals surface area contributed by atoms with E-state index in [4.69, 9.17) is 9.84 Å². The second-order valence-corrected chi connectivity index (χ2v) is 10.4. The molecule has 0 bridgehead atoms. The lowest BCUT2D eigenvalue weighted by atomic mass is 9.99. The molecule has 0 amide bonds. The number of aliphatic hydroxyl groups is 1. The monoisotopic (exact) mass is 522 g/mol. The lowest BCUT2D eigenvalue weighted by molar-refractivity contribution is 0.0961. The summed E-state index contributed by atoms with van der Waals surface area (Å²) in [5, 5.41) is 27.7. The van der Waals surface area contributed by atoms with Crippen LogP contribution in [0.1, 0.15) is 50.7 Å². The first kappa shape index (κ1) is 29.6. The SMILES string of the molecule is CCCCC(CC)Cn1c(O)c(C)c(C)c(N=Nc2ccccc2S(=O)(=O)NCCOCCO)c1=O. The molecule has 0 spiro atoms. The Balaban J connectivity index is 2.40. The fraction of sp³-hybridized carbons (Fsp3) is 0.560. The number of pyridine rings is 1. The fourth-order valence-electron chi connectivity index (χ4n) is 3.76. The number of hydrogen-bond donors (Lipinski definition) is 3. The molecule has 0 aliphatic carbocycles. The Morgan fingerprint density at radius 3 is 2.50 bits per heavy atom. The second kappa shape index (κ2) is 14.2. The van der Waals surface area contributed by atoms with E-state index in [9.17, 15) is 18.3 Å². The molecule has 1 aromatic heterocycles. The van der Waals surface area contributed by atoms with Crippen LogP contribution in [-0.4, -0.2) is 49.6 Å². The summed E-state index contributed by atoms with van der Waals surface area (Å²) < 4.78 is 34.5. The van der Waals surface area contributed by atoms with Crippen LogP contribution in [0.25, 0.3) is 0 Å². The first-order valence-corrected chi connectivity index (χ1v) is 13.8. The Hall–Kier alpha value is -2.60. The molecule has 2 rings (SSSR count). The van der Waals surface area contributed by atoms with E-state index in [0.717, 1.165) is 25.7 Å². The van der Waals surface area contributed by atoms with E-state index in [0.29, 0.717) is 17.7 Å². The molecule has 0 aliphatic rings. The van der Waals surface area contributed by atoms with Gasteiger partial charge in [0, 0.05) is 18.7 Å². The number of rotatable bonds is 15. The Kier molecular flexibility index (Phi) is 11.7. The number of benzene rings is 1. The first-order chi connectivity index (χ1) is 17.2. The Labute approximate surface area is 213 Å². The molecule has 0 fully saturated rings. The zero-order valence-corrected chi connectivity index (χ0v) is 22.3. The molecule has 1 aromatic carbocycles. The first-order valence-electron chi connectivity index (χ1n) is 12.3. The number of aromatic hydroxyl groups is 1. The number of azo groups is 1. The van der Waals surface area contributed by atoms with Crippen LogP contribution in [0.4, 0.5) is 11.4 Å². The summed E-state index contributed by atoms with van der Waals surface area (Å²) in [6, 6.07) is 6.10. The highest BCUT2D eigenvalue weighted by Crippen LogP contribution is 2.30. The van der Waals surface area contributed by atoms with Gasteiger partial charge in [-0.2, -0.15) is 0 Å². The predicted octanol–water partition coefficient (Wildman–Crippen LogP) is 4.09. The van der Waals surface area contributed by atoms with E-state index in [1.165, 1.54) is 16.7 Å². The number of hydrogen-bond acceptors (Lipinski definition) is 8. The average Bonchev–Trinajstić information content (AvgIpc) is 2.87. The van der Waals surface area contributed by atoms with E-state index in [2.05, 4.69) is 28.8 Å². The summed E-state index contributed by atoms with van der Waals surface area (Å²) in [5.74, 6) is 0.153. The maximum Gasteiger partial charge on any atom is 0.281 e. The molecule has 1 heterocycles. The molecule has 10 nitrogen and oxygen atoms in total. The van der Waals surface area contributed by atoms with Gasteiger partial charge in [0.15, 0.2) is 11.6 Å². The van der Waals surface area contributed by atoms with Gasteiger partial charge in [0.2, 0.25) is 10.0 Å². The minimum atomic E-state index is -3.92. The summed E-state index contributed by atoms with van der Waals surface area (Å²) in [7, 11) is -3.92. The number of unbranched alkanes of at least 4 members (excludes halogenated alkanes) is 1. The number of aromatic nitrogens is 1. The highest BCUT2D eigenvalue weighted by Gasteiger charge is 2.21. The van der Waals surface area contributed by atoms with E-state index < -0.39 is 15.6 Å². The summed E-state index contributed by atoms with van der Waals surface area (Å²) in [6.45, 7) is 8.04. The number of sulfonamides is 1. The number of nitrogens with one attached hydrogen (secondary N) is 1. The van der Waals surface area contributed by atoms with Crippen molar-refractivity contribution in [2.24, 2.45) is 16.1 Å². The van der Waals surface area contributed by atoms with Gasteiger partial charge in [0.25, 0.3) is 5.56 Å². The predicted molar refractivity (Wildman–Crippen MR) is 139 cm³/mol. The standard InChI is InChI=1S/C25H38N4O6S/c1-5-7-10-20(6-2)17-29-24(31)19(4)18(3)23(25(29)32)28-27-21-11-8-9-12-22(21)36(33,34)26-13-15-35-16-14-30/h8-9,11-12,20,26,30-31H,5-7,10,13-17H2,1-4H3. The topological polar surface area (TPSA) is 143 Å². The molecule has 1 unspecified atom stereocenters. The van der Waals surface area contributed by atoms with E-state index in [1.807, 2.05) is 0 Å². The van der Waals surface area contributed by atoms with Crippen LogP contribution in [0.5, 0.6) is 5.88 Å². The largest absolute Gasteiger partial charge is 0.494 e. The lowest BCUT2D eigenvalue weighted by Gasteiger charge is -2.19. The third-order valence-corrected chi connectivity index (χ3v) is 7.64. The summed E-state index contributed by atoms with van der Waals surface area (Å²) in [6.07, 6.45) is 3.92. The molecule has 0 radical (unpaired) electrons. The Morgan fingerprint density at radius 2 is 1.83 bits per heavy atom. The van der Waals surface area contributed by atoms with Crippen LogP contribution in [0.3, 0.4) is 0 Å². The molecule has 0 aliphatic heterocycles. The van der Waals surface area contributed by atoms with Crippen molar-refractivity contribution < 1.29 is 23.4 Å². The van der Waals surface area contributed by atoms with Crippen molar-refractivity contribution in [3.8, 4) is 5.88 Å². The minimum Gasteiger partial charge on any atom is -0.494 e. The maximum atomic E-state index is 13.3. The molecule has 0 saturated carbocycles. The van der Waals surface area contributed by atoms with Gasteiger partial charge in [-0.3, -0.25) is 9.36 Å². The minimum absolute atomic E-state index is 0.0193. The van der Waals surface area contributed by atoms with Gasteiger partial charge in [-0.25, -0.2) is 13.1 Å². The van der Waals surface area contributed by atoms with Crippen molar-refractivity contribution in [2.45, 2.75) is 64.8 Å². The Bertz CT molecular complexity index is 1190. The van der Waals surface area contributed by atoms with Crippen molar-refractivity contribution in [3.05, 3.63) is 45.7 Å². The van der Waals surface area contributed by atoms with Crippen molar-refractivity contribution in [1.29, 1.82) is 0 Å². The summed E-state index contributed by atoms with van der Waals surface area (Å²) in [4.78, 5) is 13.2. The quantitative estimate of drug-likeness (QED) is 0.237. The molecule has 36 heavy (non-hydrogen) atoms. The van der Waals surface area contributed by atoms with Crippen LogP contribution < -0.4 is 10.3 Å². The van der Waals surface area contributed by atoms with Gasteiger partial charge in [-0.05, 0) is 43.9 Å². The molecule has 0 saturated heterocycles. The van der Waals surface area contributed by atoms with Gasteiger partial charge in [0.1, 0.15) is 10.6 Å². The summed E-state index contributed by atoms with van der Waals surface area (Å²) >= 11 is 0. The van der Waals surface area contributed by atoms with Gasteiger partial charge >= 0.3 is 0 Å². The van der Waals surface area contributed by atoms with Crippen molar-refractivity contribution in [2.75, 3.05) is 26.4 Å². The van der Waals surface area contributed by atoms with Crippen molar-refractivity contribution in [3.63, 3.8) is 0 Å². The lowest BCUT2D eigenvalue weighted by Crippen LogP contribution is -2.27. The number of ether oxygens (including phenoxy) is 1. The highest BCUT2D eigenvalue weighted by molar-refractivity contribution is 7.89.